The SMILES string of the molecule is N#Cc1cc(-c2ccc(-n3c4ccccc4c4ccccc43)nc2)ccc1-n1c2ccccc2c2ccccc21. The molecule has 8 rings (SSSR count). The molecule has 0 unspecified atom stereocenters. The predicted octanol–water partition coefficient (Wildman–Crippen LogP) is 8.81. The lowest BCUT2D eigenvalue weighted by atomic mass is 10.0. The number of fused-ring (bicyclic) bond motifs is 6. The highest BCUT2D eigenvalue weighted by atomic mass is 15.1. The average molecular weight is 511 g/mol. The van der Waals surface area contributed by atoms with Crippen molar-refractivity contribution in [1.29, 1.82) is 5.26 Å². The van der Waals surface area contributed by atoms with Crippen molar-refractivity contribution in [1.82, 2.24) is 14.1 Å². The van der Waals surface area contributed by atoms with E-state index in [9.17, 15) is 5.26 Å². The van der Waals surface area contributed by atoms with Crippen LogP contribution in [0.3, 0.4) is 0 Å². The molecule has 3 heterocycles. The number of hydrogen-bond acceptors (Lipinski definition) is 2. The van der Waals surface area contributed by atoms with Crippen molar-refractivity contribution in [2.75, 3.05) is 0 Å². The molecule has 4 nitrogen and oxygen atoms in total. The van der Waals surface area contributed by atoms with Crippen LogP contribution in [0.2, 0.25) is 0 Å². The number of rotatable bonds is 3. The van der Waals surface area contributed by atoms with Crippen LogP contribution in [-0.4, -0.2) is 14.1 Å². The van der Waals surface area contributed by atoms with Crippen LogP contribution in [0.1, 0.15) is 5.56 Å². The fraction of sp³-hybridized carbons (Fsp3) is 0. The fourth-order valence-electron chi connectivity index (χ4n) is 6.04. The highest BCUT2D eigenvalue weighted by Crippen LogP contribution is 2.35. The molecule has 40 heavy (non-hydrogen) atoms. The number of benzene rings is 5. The zero-order valence-electron chi connectivity index (χ0n) is 21.5. The third kappa shape index (κ3) is 3.22. The molecule has 0 aliphatic heterocycles. The second-order valence-corrected chi connectivity index (χ2v) is 9.99. The summed E-state index contributed by atoms with van der Waals surface area (Å²) in [5.74, 6) is 0.864. The first-order chi connectivity index (χ1) is 19.8. The van der Waals surface area contributed by atoms with Crippen molar-refractivity contribution in [2.45, 2.75) is 0 Å². The monoisotopic (exact) mass is 510 g/mol. The second kappa shape index (κ2) is 8.69. The van der Waals surface area contributed by atoms with Crippen molar-refractivity contribution in [3.05, 3.63) is 139 Å². The van der Waals surface area contributed by atoms with Gasteiger partial charge in [0.05, 0.1) is 33.3 Å². The highest BCUT2D eigenvalue weighted by Gasteiger charge is 2.16. The molecule has 0 saturated heterocycles. The van der Waals surface area contributed by atoms with Crippen LogP contribution < -0.4 is 0 Å². The molecule has 0 spiro atoms. The van der Waals surface area contributed by atoms with Gasteiger partial charge in [0.1, 0.15) is 11.9 Å². The first-order valence-electron chi connectivity index (χ1n) is 13.3. The van der Waals surface area contributed by atoms with Gasteiger partial charge in [-0.2, -0.15) is 5.26 Å². The van der Waals surface area contributed by atoms with Crippen LogP contribution in [0.4, 0.5) is 0 Å². The molecule has 186 valence electrons. The molecule has 3 aromatic heterocycles. The Kier molecular flexibility index (Phi) is 4.85. The molecule has 8 aromatic rings. The molecule has 4 heteroatoms. The number of nitriles is 1. The van der Waals surface area contributed by atoms with E-state index in [1.807, 2.05) is 30.5 Å². The molecule has 0 fully saturated rings. The van der Waals surface area contributed by atoms with Gasteiger partial charge in [-0.25, -0.2) is 4.98 Å². The van der Waals surface area contributed by atoms with Crippen LogP contribution >= 0.6 is 0 Å². The van der Waals surface area contributed by atoms with Crippen LogP contribution in [0.5, 0.6) is 0 Å². The summed E-state index contributed by atoms with van der Waals surface area (Å²) in [5, 5.41) is 15.0. The van der Waals surface area contributed by atoms with Crippen LogP contribution in [0, 0.1) is 11.3 Å². The maximum Gasteiger partial charge on any atom is 0.137 e. The van der Waals surface area contributed by atoms with Gasteiger partial charge in [0.2, 0.25) is 0 Å². The Morgan fingerprint density at radius 1 is 0.500 bits per heavy atom. The minimum absolute atomic E-state index is 0.621. The van der Waals surface area contributed by atoms with E-state index in [2.05, 4.69) is 118 Å². The van der Waals surface area contributed by atoms with Gasteiger partial charge in [0.15, 0.2) is 0 Å². The van der Waals surface area contributed by atoms with Crippen molar-refractivity contribution in [3.8, 4) is 28.7 Å². The first-order valence-corrected chi connectivity index (χ1v) is 13.3. The van der Waals surface area contributed by atoms with Gasteiger partial charge in [-0.1, -0.05) is 78.9 Å². The molecule has 0 bridgehead atoms. The number of pyridine rings is 1. The molecule has 0 amide bonds. The molecule has 5 aromatic carbocycles. The third-order valence-corrected chi connectivity index (χ3v) is 7.83. The van der Waals surface area contributed by atoms with Crippen LogP contribution in [0.15, 0.2) is 134 Å². The van der Waals surface area contributed by atoms with Crippen molar-refractivity contribution >= 4 is 43.6 Å². The molecule has 0 saturated carbocycles. The normalized spacial score (nSPS) is 11.5. The van der Waals surface area contributed by atoms with E-state index in [-0.39, 0.29) is 0 Å². The predicted molar refractivity (Wildman–Crippen MR) is 163 cm³/mol. The zero-order valence-corrected chi connectivity index (χ0v) is 21.5. The Bertz CT molecular complexity index is 2170. The molecular formula is C36H22N4. The minimum Gasteiger partial charge on any atom is -0.308 e. The standard InChI is InChI=1S/C36H22N4/c37-22-26-21-24(17-19-31(26)39-32-13-5-1-9-27(32)28-10-2-6-14-33(28)39)25-18-20-36(38-23-25)40-34-15-7-3-11-29(34)30-12-4-8-16-35(30)40/h1-21,23H. The van der Waals surface area contributed by atoms with E-state index >= 15 is 0 Å². The number of aromatic nitrogens is 3. The van der Waals surface area contributed by atoms with Gasteiger partial charge in [-0.05, 0) is 54.1 Å². The third-order valence-electron chi connectivity index (χ3n) is 7.83. The number of hydrogen-bond donors (Lipinski definition) is 0. The van der Waals surface area contributed by atoms with E-state index in [4.69, 9.17) is 4.98 Å². The Morgan fingerprint density at radius 2 is 0.975 bits per heavy atom. The molecular weight excluding hydrogens is 488 g/mol. The molecule has 0 radical (unpaired) electrons. The molecule has 0 aliphatic rings. The lowest BCUT2D eigenvalue weighted by Crippen LogP contribution is -1.99. The minimum atomic E-state index is 0.621. The Labute approximate surface area is 230 Å². The van der Waals surface area contributed by atoms with Gasteiger partial charge in [0.25, 0.3) is 0 Å². The van der Waals surface area contributed by atoms with E-state index in [1.165, 1.54) is 21.5 Å². The maximum atomic E-state index is 10.2. The quantitative estimate of drug-likeness (QED) is 0.238. The van der Waals surface area contributed by atoms with Gasteiger partial charge in [-0.15, -0.1) is 0 Å². The van der Waals surface area contributed by atoms with E-state index in [0.717, 1.165) is 44.7 Å². The fourth-order valence-corrected chi connectivity index (χ4v) is 6.04. The highest BCUT2D eigenvalue weighted by molar-refractivity contribution is 6.10. The lowest BCUT2D eigenvalue weighted by Gasteiger charge is -2.12. The summed E-state index contributed by atoms with van der Waals surface area (Å²) in [6.07, 6.45) is 1.90. The molecule has 0 aliphatic carbocycles. The van der Waals surface area contributed by atoms with Gasteiger partial charge in [-0.3, -0.25) is 4.57 Å². The van der Waals surface area contributed by atoms with Crippen LogP contribution in [-0.2, 0) is 0 Å². The Balaban J connectivity index is 1.24. The van der Waals surface area contributed by atoms with Crippen LogP contribution in [0.25, 0.3) is 66.2 Å². The largest absolute Gasteiger partial charge is 0.308 e. The maximum absolute atomic E-state index is 10.2. The Morgan fingerprint density at radius 3 is 1.45 bits per heavy atom. The summed E-state index contributed by atoms with van der Waals surface area (Å²) >= 11 is 0. The van der Waals surface area contributed by atoms with Gasteiger partial charge in [0, 0.05) is 33.3 Å². The van der Waals surface area contributed by atoms with Crippen molar-refractivity contribution in [3.63, 3.8) is 0 Å². The lowest BCUT2D eigenvalue weighted by molar-refractivity contribution is 1.08. The summed E-state index contributed by atoms with van der Waals surface area (Å²) in [6.45, 7) is 0. The van der Waals surface area contributed by atoms with Crippen molar-refractivity contribution < 1.29 is 0 Å². The van der Waals surface area contributed by atoms with E-state index in [0.29, 0.717) is 5.56 Å². The average Bonchev–Trinajstić information content (AvgIpc) is 3.54. The summed E-state index contributed by atoms with van der Waals surface area (Å²) in [5.41, 5.74) is 7.86. The summed E-state index contributed by atoms with van der Waals surface area (Å²) in [4.78, 5) is 4.88. The first kappa shape index (κ1) is 22.3. The summed E-state index contributed by atoms with van der Waals surface area (Å²) < 4.78 is 4.40. The summed E-state index contributed by atoms with van der Waals surface area (Å²) in [6, 6.07) is 46.3. The zero-order chi connectivity index (χ0) is 26.6. The second-order valence-electron chi connectivity index (χ2n) is 9.99. The Hall–Kier alpha value is -5.66. The van der Waals surface area contributed by atoms with Gasteiger partial charge < -0.3 is 4.57 Å². The number of nitrogens with zero attached hydrogens (tertiary/aromatic N) is 4. The molecule has 0 N–H and O–H groups in total. The van der Waals surface area contributed by atoms with E-state index in [1.54, 1.807) is 0 Å². The topological polar surface area (TPSA) is 46.5 Å². The van der Waals surface area contributed by atoms with E-state index < -0.39 is 0 Å². The van der Waals surface area contributed by atoms with Crippen molar-refractivity contribution in [2.24, 2.45) is 0 Å². The van der Waals surface area contributed by atoms with Gasteiger partial charge >= 0.3 is 0 Å². The number of para-hydroxylation sites is 4. The smallest absolute Gasteiger partial charge is 0.137 e. The summed E-state index contributed by atoms with van der Waals surface area (Å²) in [7, 11) is 0. The molecule has 0 atom stereocenters.